The van der Waals surface area contributed by atoms with E-state index >= 15 is 0 Å². The molecule has 3 aromatic rings. The molecule has 2 N–H and O–H groups in total. The fraction of sp³-hybridized carbons (Fsp3) is 0. The molecular formula is C13H9ClN4O. The van der Waals surface area contributed by atoms with Crippen LogP contribution in [0.2, 0.25) is 5.02 Å². The van der Waals surface area contributed by atoms with E-state index in [-0.39, 0.29) is 11.6 Å². The lowest BCUT2D eigenvalue weighted by molar-refractivity contribution is 0.102. The largest absolute Gasteiger partial charge is 0.319 e. The summed E-state index contributed by atoms with van der Waals surface area (Å²) >= 11 is 5.83. The van der Waals surface area contributed by atoms with Crippen molar-refractivity contribution < 1.29 is 4.79 Å². The molecule has 0 saturated heterocycles. The van der Waals surface area contributed by atoms with Crippen LogP contribution in [-0.4, -0.2) is 21.1 Å². The van der Waals surface area contributed by atoms with Crippen LogP contribution in [0.4, 0.5) is 5.69 Å². The Kier molecular flexibility index (Phi) is 2.89. The Balaban J connectivity index is 1.93. The normalized spacial score (nSPS) is 10.6. The van der Waals surface area contributed by atoms with Gasteiger partial charge in [0.1, 0.15) is 5.69 Å². The van der Waals surface area contributed by atoms with Crippen molar-refractivity contribution >= 4 is 34.1 Å². The van der Waals surface area contributed by atoms with Crippen molar-refractivity contribution in [2.45, 2.75) is 0 Å². The highest BCUT2D eigenvalue weighted by molar-refractivity contribution is 6.31. The van der Waals surface area contributed by atoms with E-state index in [0.29, 0.717) is 10.7 Å². The summed E-state index contributed by atoms with van der Waals surface area (Å²) in [6.45, 7) is 0. The molecule has 1 aromatic carbocycles. The molecule has 2 heterocycles. The van der Waals surface area contributed by atoms with Gasteiger partial charge in [-0.1, -0.05) is 23.7 Å². The van der Waals surface area contributed by atoms with E-state index in [1.54, 1.807) is 18.3 Å². The van der Waals surface area contributed by atoms with E-state index in [1.165, 1.54) is 12.3 Å². The van der Waals surface area contributed by atoms with Gasteiger partial charge in [-0.3, -0.25) is 14.9 Å². The third-order valence-electron chi connectivity index (χ3n) is 2.68. The molecule has 0 atom stereocenters. The number of para-hydroxylation sites is 1. The first kappa shape index (κ1) is 11.7. The lowest BCUT2D eigenvalue weighted by Crippen LogP contribution is -2.13. The zero-order valence-electron chi connectivity index (χ0n) is 9.72. The zero-order chi connectivity index (χ0) is 13.2. The fourth-order valence-electron chi connectivity index (χ4n) is 1.79. The minimum Gasteiger partial charge on any atom is -0.319 e. The number of hydrogen-bond acceptors (Lipinski definition) is 3. The van der Waals surface area contributed by atoms with Gasteiger partial charge in [0.05, 0.1) is 17.4 Å². The van der Waals surface area contributed by atoms with Crippen LogP contribution in [0.5, 0.6) is 0 Å². The summed E-state index contributed by atoms with van der Waals surface area (Å²) in [5.41, 5.74) is 1.70. The van der Waals surface area contributed by atoms with Crippen molar-refractivity contribution in [2.24, 2.45) is 0 Å². The molecule has 0 radical (unpaired) electrons. The van der Waals surface area contributed by atoms with Crippen LogP contribution in [0, 0.1) is 0 Å². The van der Waals surface area contributed by atoms with Crippen molar-refractivity contribution in [1.82, 2.24) is 15.2 Å². The number of rotatable bonds is 2. The third-order valence-corrected chi connectivity index (χ3v) is 2.91. The number of fused-ring (bicyclic) bond motifs is 1. The fourth-order valence-corrected chi connectivity index (χ4v) is 1.95. The summed E-state index contributed by atoms with van der Waals surface area (Å²) in [5.74, 6) is -0.315. The number of benzene rings is 1. The highest BCUT2D eigenvalue weighted by Crippen LogP contribution is 2.21. The first-order valence-corrected chi connectivity index (χ1v) is 5.97. The summed E-state index contributed by atoms with van der Waals surface area (Å²) in [6.07, 6.45) is 3.19. The van der Waals surface area contributed by atoms with E-state index in [9.17, 15) is 4.79 Å². The monoisotopic (exact) mass is 272 g/mol. The predicted molar refractivity (Wildman–Crippen MR) is 73.3 cm³/mol. The van der Waals surface area contributed by atoms with Crippen LogP contribution in [0.3, 0.4) is 0 Å². The van der Waals surface area contributed by atoms with Crippen LogP contribution >= 0.6 is 11.6 Å². The SMILES string of the molecule is O=C(Nc1cccc2cn[nH]c12)c1cc(Cl)ccn1. The number of H-pyrrole nitrogens is 1. The second-order valence-electron chi connectivity index (χ2n) is 3.95. The van der Waals surface area contributed by atoms with Gasteiger partial charge in [-0.2, -0.15) is 5.10 Å². The third kappa shape index (κ3) is 2.28. The van der Waals surface area contributed by atoms with Crippen LogP contribution in [0.15, 0.2) is 42.7 Å². The van der Waals surface area contributed by atoms with E-state index in [4.69, 9.17) is 11.6 Å². The number of halogens is 1. The second kappa shape index (κ2) is 4.70. The van der Waals surface area contributed by atoms with Crippen LogP contribution in [0.1, 0.15) is 10.5 Å². The van der Waals surface area contributed by atoms with Gasteiger partial charge in [0.2, 0.25) is 0 Å². The van der Waals surface area contributed by atoms with E-state index < -0.39 is 0 Å². The standard InChI is InChI=1S/C13H9ClN4O/c14-9-4-5-15-11(6-9)13(19)17-10-3-1-2-8-7-16-18-12(8)10/h1-7H,(H,16,18)(H,17,19). The molecule has 0 aliphatic rings. The van der Waals surface area contributed by atoms with Gasteiger partial charge in [0.15, 0.2) is 0 Å². The maximum absolute atomic E-state index is 12.1. The molecule has 0 bridgehead atoms. The molecule has 0 saturated carbocycles. The van der Waals surface area contributed by atoms with Crippen LogP contribution in [-0.2, 0) is 0 Å². The average molecular weight is 273 g/mol. The zero-order valence-corrected chi connectivity index (χ0v) is 10.5. The number of amides is 1. The first-order valence-electron chi connectivity index (χ1n) is 5.59. The van der Waals surface area contributed by atoms with Gasteiger partial charge in [0, 0.05) is 16.6 Å². The van der Waals surface area contributed by atoms with Gasteiger partial charge in [-0.05, 0) is 18.2 Å². The highest BCUT2D eigenvalue weighted by atomic mass is 35.5. The van der Waals surface area contributed by atoms with Crippen molar-refractivity contribution in [3.05, 3.63) is 53.4 Å². The number of nitrogens with zero attached hydrogens (tertiary/aromatic N) is 2. The smallest absolute Gasteiger partial charge is 0.274 e. The first-order chi connectivity index (χ1) is 9.24. The molecule has 94 valence electrons. The Bertz CT molecular complexity index is 753. The molecule has 6 heteroatoms. The Labute approximate surface area is 113 Å². The molecule has 5 nitrogen and oxygen atoms in total. The van der Waals surface area contributed by atoms with Crippen LogP contribution in [0.25, 0.3) is 10.9 Å². The molecule has 19 heavy (non-hydrogen) atoms. The summed E-state index contributed by atoms with van der Waals surface area (Å²) in [6, 6.07) is 8.69. The maximum atomic E-state index is 12.1. The molecule has 0 fully saturated rings. The molecule has 0 aliphatic carbocycles. The summed E-state index contributed by atoms with van der Waals surface area (Å²) in [7, 11) is 0. The van der Waals surface area contributed by atoms with Gasteiger partial charge in [-0.15, -0.1) is 0 Å². The highest BCUT2D eigenvalue weighted by Gasteiger charge is 2.10. The predicted octanol–water partition coefficient (Wildman–Crippen LogP) is 2.86. The Morgan fingerprint density at radius 3 is 3.05 bits per heavy atom. The van der Waals surface area contributed by atoms with Crippen molar-refractivity contribution in [3.8, 4) is 0 Å². The summed E-state index contributed by atoms with van der Waals surface area (Å²) in [5, 5.41) is 11.0. The molecular weight excluding hydrogens is 264 g/mol. The van der Waals surface area contributed by atoms with Gasteiger partial charge in [-0.25, -0.2) is 0 Å². The molecule has 0 spiro atoms. The van der Waals surface area contributed by atoms with Gasteiger partial charge < -0.3 is 5.32 Å². The minimum absolute atomic E-state index is 0.268. The van der Waals surface area contributed by atoms with Crippen molar-refractivity contribution in [3.63, 3.8) is 0 Å². The summed E-state index contributed by atoms with van der Waals surface area (Å²) in [4.78, 5) is 16.0. The van der Waals surface area contributed by atoms with E-state index in [2.05, 4.69) is 20.5 Å². The molecule has 0 unspecified atom stereocenters. The van der Waals surface area contributed by atoms with E-state index in [0.717, 1.165) is 10.9 Å². The van der Waals surface area contributed by atoms with Crippen molar-refractivity contribution in [1.29, 1.82) is 0 Å². The Hall–Kier alpha value is -2.40. The Morgan fingerprint density at radius 1 is 1.32 bits per heavy atom. The number of anilines is 1. The van der Waals surface area contributed by atoms with Crippen LogP contribution < -0.4 is 5.32 Å². The van der Waals surface area contributed by atoms with E-state index in [1.807, 2.05) is 12.1 Å². The average Bonchev–Trinajstić information content (AvgIpc) is 2.88. The lowest BCUT2D eigenvalue weighted by Gasteiger charge is -2.05. The lowest BCUT2D eigenvalue weighted by atomic mass is 10.2. The number of nitrogens with one attached hydrogen (secondary N) is 2. The molecule has 0 aliphatic heterocycles. The van der Waals surface area contributed by atoms with Gasteiger partial charge >= 0.3 is 0 Å². The maximum Gasteiger partial charge on any atom is 0.274 e. The Morgan fingerprint density at radius 2 is 2.21 bits per heavy atom. The number of carbonyl (C=O) groups is 1. The quantitative estimate of drug-likeness (QED) is 0.753. The number of aromatic amines is 1. The second-order valence-corrected chi connectivity index (χ2v) is 4.39. The number of carbonyl (C=O) groups excluding carboxylic acids is 1. The minimum atomic E-state index is -0.315. The topological polar surface area (TPSA) is 70.7 Å². The number of hydrogen-bond donors (Lipinski definition) is 2. The molecule has 1 amide bonds. The molecule has 3 rings (SSSR count). The number of pyridine rings is 1. The number of aromatic nitrogens is 3. The van der Waals surface area contributed by atoms with Crippen molar-refractivity contribution in [2.75, 3.05) is 5.32 Å². The summed E-state index contributed by atoms with van der Waals surface area (Å²) < 4.78 is 0. The van der Waals surface area contributed by atoms with Gasteiger partial charge in [0.25, 0.3) is 5.91 Å². The molecule has 2 aromatic heterocycles.